The van der Waals surface area contributed by atoms with Crippen LogP contribution in [0.2, 0.25) is 0 Å². The highest BCUT2D eigenvalue weighted by molar-refractivity contribution is 7.89. The van der Waals surface area contributed by atoms with Gasteiger partial charge in [0.05, 0.1) is 7.11 Å². The van der Waals surface area contributed by atoms with Crippen LogP contribution >= 0.6 is 0 Å². The Hall–Kier alpha value is -1.64. The zero-order chi connectivity index (χ0) is 16.3. The molecule has 0 radical (unpaired) electrons. The lowest BCUT2D eigenvalue weighted by molar-refractivity contribution is 0.0741. The largest absolute Gasteiger partial charge is 0.495 e. The molecule has 1 heterocycles. The van der Waals surface area contributed by atoms with Gasteiger partial charge in [-0.25, -0.2) is 13.1 Å². The summed E-state index contributed by atoms with van der Waals surface area (Å²) in [5, 5.41) is 0. The third kappa shape index (κ3) is 3.08. The van der Waals surface area contributed by atoms with E-state index in [1.165, 1.54) is 26.3 Å². The zero-order valence-electron chi connectivity index (χ0n) is 12.7. The van der Waals surface area contributed by atoms with Gasteiger partial charge in [-0.15, -0.1) is 0 Å². The molecule has 1 atom stereocenters. The first-order chi connectivity index (χ1) is 10.4. The zero-order valence-corrected chi connectivity index (χ0v) is 13.5. The highest BCUT2D eigenvalue weighted by atomic mass is 32.2. The van der Waals surface area contributed by atoms with Gasteiger partial charge in [-0.2, -0.15) is 0 Å². The smallest absolute Gasteiger partial charge is 0.254 e. The molecule has 122 valence electrons. The Bertz CT molecular complexity index is 660. The molecule has 22 heavy (non-hydrogen) atoms. The maximum absolute atomic E-state index is 12.6. The second-order valence-corrected chi connectivity index (χ2v) is 6.96. The number of sulfonamides is 1. The molecule has 1 fully saturated rings. The van der Waals surface area contributed by atoms with Crippen molar-refractivity contribution in [3.8, 4) is 5.75 Å². The van der Waals surface area contributed by atoms with Crippen LogP contribution in [0.1, 0.15) is 23.2 Å². The number of nitrogens with zero attached hydrogens (tertiary/aromatic N) is 1. The van der Waals surface area contributed by atoms with E-state index >= 15 is 0 Å². The molecule has 0 aromatic heterocycles. The van der Waals surface area contributed by atoms with Gasteiger partial charge < -0.3 is 15.4 Å². The summed E-state index contributed by atoms with van der Waals surface area (Å²) < 4.78 is 31.4. The Labute approximate surface area is 130 Å². The first-order valence-electron chi connectivity index (χ1n) is 7.07. The number of methoxy groups -OCH3 is 1. The van der Waals surface area contributed by atoms with E-state index in [2.05, 4.69) is 4.72 Å². The minimum Gasteiger partial charge on any atom is -0.495 e. The predicted molar refractivity (Wildman–Crippen MR) is 82.4 cm³/mol. The maximum Gasteiger partial charge on any atom is 0.254 e. The molecule has 0 aliphatic carbocycles. The van der Waals surface area contributed by atoms with Gasteiger partial charge in [0.2, 0.25) is 10.0 Å². The lowest BCUT2D eigenvalue weighted by Crippen LogP contribution is -2.40. The van der Waals surface area contributed by atoms with Gasteiger partial charge in [-0.05, 0) is 38.1 Å². The molecule has 1 aromatic rings. The molecule has 0 spiro atoms. The van der Waals surface area contributed by atoms with Gasteiger partial charge in [0.1, 0.15) is 10.6 Å². The van der Waals surface area contributed by atoms with Crippen LogP contribution in [0, 0.1) is 0 Å². The minimum absolute atomic E-state index is 0.0129. The SMILES string of the molecule is CNS(=O)(=O)c1cc(C(=O)N2CCCC2CN)ccc1OC. The normalized spacial score (nSPS) is 18.5. The molecule has 0 bridgehead atoms. The maximum atomic E-state index is 12.6. The molecular formula is C14H21N3O4S. The molecule has 1 aliphatic heterocycles. The van der Waals surface area contributed by atoms with Crippen LogP contribution in [0.25, 0.3) is 0 Å². The number of rotatable bonds is 5. The Balaban J connectivity index is 2.41. The Morgan fingerprint density at radius 2 is 2.23 bits per heavy atom. The monoisotopic (exact) mass is 327 g/mol. The molecule has 1 amide bonds. The van der Waals surface area contributed by atoms with Crippen molar-refractivity contribution in [2.75, 3.05) is 27.2 Å². The molecule has 7 nitrogen and oxygen atoms in total. The minimum atomic E-state index is -3.71. The number of hydrogen-bond donors (Lipinski definition) is 2. The molecule has 0 saturated carbocycles. The standard InChI is InChI=1S/C14H21N3O4S/c1-16-22(19,20)13-8-10(5-6-12(13)21-2)14(18)17-7-3-4-11(17)9-15/h5-6,8,11,16H,3-4,7,9,15H2,1-2H3. The van der Waals surface area contributed by atoms with Crippen LogP contribution in [0.5, 0.6) is 5.75 Å². The fourth-order valence-corrected chi connectivity index (χ4v) is 3.56. The van der Waals surface area contributed by atoms with Crippen LogP contribution in [-0.4, -0.2) is 52.5 Å². The second kappa shape index (κ2) is 6.64. The van der Waals surface area contributed by atoms with E-state index < -0.39 is 10.0 Å². The van der Waals surface area contributed by atoms with E-state index in [0.29, 0.717) is 18.7 Å². The summed E-state index contributed by atoms with van der Waals surface area (Å²) >= 11 is 0. The van der Waals surface area contributed by atoms with Crippen LogP contribution in [0.3, 0.4) is 0 Å². The van der Waals surface area contributed by atoms with Crippen LogP contribution < -0.4 is 15.2 Å². The predicted octanol–water partition coefficient (Wildman–Crippen LogP) is 0.167. The fourth-order valence-electron chi connectivity index (χ4n) is 2.64. The van der Waals surface area contributed by atoms with E-state index in [9.17, 15) is 13.2 Å². The topological polar surface area (TPSA) is 102 Å². The number of hydrogen-bond acceptors (Lipinski definition) is 5. The van der Waals surface area contributed by atoms with Crippen LogP contribution in [0.4, 0.5) is 0 Å². The molecule has 8 heteroatoms. The Kier molecular flexibility index (Phi) is 5.05. The first-order valence-corrected chi connectivity index (χ1v) is 8.55. The summed E-state index contributed by atoms with van der Waals surface area (Å²) in [5.41, 5.74) is 6.00. The number of nitrogens with one attached hydrogen (secondary N) is 1. The average Bonchev–Trinajstić information content (AvgIpc) is 3.02. The summed E-state index contributed by atoms with van der Waals surface area (Å²) in [6.45, 7) is 1.05. The Morgan fingerprint density at radius 1 is 1.50 bits per heavy atom. The summed E-state index contributed by atoms with van der Waals surface area (Å²) in [6.07, 6.45) is 1.78. The van der Waals surface area contributed by atoms with Gasteiger partial charge in [0.25, 0.3) is 5.91 Å². The second-order valence-electron chi connectivity index (χ2n) is 5.10. The quantitative estimate of drug-likeness (QED) is 0.802. The van der Waals surface area contributed by atoms with E-state index in [-0.39, 0.29) is 22.6 Å². The van der Waals surface area contributed by atoms with E-state index in [0.717, 1.165) is 12.8 Å². The van der Waals surface area contributed by atoms with Crippen molar-refractivity contribution in [2.24, 2.45) is 5.73 Å². The lowest BCUT2D eigenvalue weighted by Gasteiger charge is -2.24. The van der Waals surface area contributed by atoms with Crippen LogP contribution in [0.15, 0.2) is 23.1 Å². The molecule has 3 N–H and O–H groups in total. The van der Waals surface area contributed by atoms with Gasteiger partial charge >= 0.3 is 0 Å². The van der Waals surface area contributed by atoms with E-state index in [4.69, 9.17) is 10.5 Å². The van der Waals surface area contributed by atoms with Gasteiger partial charge in [0.15, 0.2) is 0 Å². The summed E-state index contributed by atoms with van der Waals surface area (Å²) in [6, 6.07) is 4.42. The third-order valence-corrected chi connectivity index (χ3v) is 5.31. The number of likely N-dealkylation sites (tertiary alicyclic amines) is 1. The van der Waals surface area contributed by atoms with Crippen molar-refractivity contribution in [1.29, 1.82) is 0 Å². The van der Waals surface area contributed by atoms with Crippen molar-refractivity contribution in [2.45, 2.75) is 23.8 Å². The van der Waals surface area contributed by atoms with Gasteiger partial charge in [0, 0.05) is 24.7 Å². The number of benzene rings is 1. The number of carbonyl (C=O) groups is 1. The van der Waals surface area contributed by atoms with Crippen LogP contribution in [-0.2, 0) is 10.0 Å². The van der Waals surface area contributed by atoms with Crippen molar-refractivity contribution in [3.63, 3.8) is 0 Å². The number of amides is 1. The van der Waals surface area contributed by atoms with Crippen molar-refractivity contribution < 1.29 is 17.9 Å². The Morgan fingerprint density at radius 3 is 2.82 bits per heavy atom. The average molecular weight is 327 g/mol. The van der Waals surface area contributed by atoms with E-state index in [1.54, 1.807) is 11.0 Å². The number of carbonyl (C=O) groups excluding carboxylic acids is 1. The summed E-state index contributed by atoms with van der Waals surface area (Å²) in [7, 11) is -1.01. The fraction of sp³-hybridized carbons (Fsp3) is 0.500. The highest BCUT2D eigenvalue weighted by Crippen LogP contribution is 2.27. The van der Waals surface area contributed by atoms with E-state index in [1.807, 2.05) is 0 Å². The highest BCUT2D eigenvalue weighted by Gasteiger charge is 2.29. The molecular weight excluding hydrogens is 306 g/mol. The first kappa shape index (κ1) is 16.7. The lowest BCUT2D eigenvalue weighted by atomic mass is 10.1. The molecule has 1 aromatic carbocycles. The van der Waals surface area contributed by atoms with Crippen molar-refractivity contribution in [1.82, 2.24) is 9.62 Å². The summed E-state index contributed by atoms with van der Waals surface area (Å²) in [5.74, 6) is -0.00847. The number of ether oxygens (including phenoxy) is 1. The van der Waals surface area contributed by atoms with Gasteiger partial charge in [-0.1, -0.05) is 0 Å². The van der Waals surface area contributed by atoms with Crippen molar-refractivity contribution >= 4 is 15.9 Å². The van der Waals surface area contributed by atoms with Crippen molar-refractivity contribution in [3.05, 3.63) is 23.8 Å². The molecule has 2 rings (SSSR count). The van der Waals surface area contributed by atoms with Gasteiger partial charge in [-0.3, -0.25) is 4.79 Å². The molecule has 1 unspecified atom stereocenters. The molecule has 1 saturated heterocycles. The summed E-state index contributed by atoms with van der Waals surface area (Å²) in [4.78, 5) is 14.3. The third-order valence-electron chi connectivity index (χ3n) is 3.88. The molecule has 1 aliphatic rings. The number of nitrogens with two attached hydrogens (primary N) is 1.